The third-order valence-electron chi connectivity index (χ3n) is 5.07. The fourth-order valence-corrected chi connectivity index (χ4v) is 4.51. The summed E-state index contributed by atoms with van der Waals surface area (Å²) in [6, 6.07) is 16.8. The summed E-state index contributed by atoms with van der Waals surface area (Å²) in [5.41, 5.74) is 3.44. The van der Waals surface area contributed by atoms with Gasteiger partial charge in [0.1, 0.15) is 0 Å². The molecule has 3 rings (SSSR count). The van der Waals surface area contributed by atoms with Crippen LogP contribution in [0.5, 0.6) is 0 Å². The number of rotatable bonds is 9. The Balaban J connectivity index is 1.68. The van der Waals surface area contributed by atoms with Gasteiger partial charge in [-0.05, 0) is 50.1 Å². The first-order valence-electron chi connectivity index (χ1n) is 10.2. The van der Waals surface area contributed by atoms with Gasteiger partial charge in [0.15, 0.2) is 0 Å². The van der Waals surface area contributed by atoms with E-state index in [2.05, 4.69) is 21.2 Å². The Morgan fingerprint density at radius 2 is 1.72 bits per heavy atom. The van der Waals surface area contributed by atoms with E-state index < -0.39 is 10.0 Å². The van der Waals surface area contributed by atoms with Crippen molar-refractivity contribution in [2.24, 2.45) is 0 Å². The summed E-state index contributed by atoms with van der Waals surface area (Å²) in [4.78, 5) is 12.8. The van der Waals surface area contributed by atoms with Gasteiger partial charge in [-0.15, -0.1) is 0 Å². The monoisotopic (exact) mass is 451 g/mol. The Hall–Kier alpha value is -3.64. The van der Waals surface area contributed by atoms with Crippen LogP contribution in [0.1, 0.15) is 29.8 Å². The topological polar surface area (TPSA) is 117 Å². The van der Waals surface area contributed by atoms with Crippen molar-refractivity contribution in [3.63, 3.8) is 0 Å². The summed E-state index contributed by atoms with van der Waals surface area (Å²) < 4.78 is 29.6. The van der Waals surface area contributed by atoms with Gasteiger partial charge in [0.05, 0.1) is 41.0 Å². The average Bonchev–Trinajstić information content (AvgIpc) is 3.05. The molecule has 166 valence electrons. The fourth-order valence-electron chi connectivity index (χ4n) is 3.41. The van der Waals surface area contributed by atoms with E-state index in [0.29, 0.717) is 30.8 Å². The first kappa shape index (κ1) is 23.0. The Kier molecular flexibility index (Phi) is 7.28. The second-order valence-corrected chi connectivity index (χ2v) is 8.98. The van der Waals surface area contributed by atoms with E-state index in [0.717, 1.165) is 17.0 Å². The molecule has 0 aliphatic heterocycles. The number of amides is 1. The minimum atomic E-state index is -3.78. The lowest BCUT2D eigenvalue weighted by Gasteiger charge is -2.13. The van der Waals surface area contributed by atoms with Gasteiger partial charge in [0, 0.05) is 12.1 Å². The molecular formula is C23H25N5O3S. The predicted molar refractivity (Wildman–Crippen MR) is 123 cm³/mol. The molecule has 2 N–H and O–H groups in total. The Morgan fingerprint density at radius 1 is 1.06 bits per heavy atom. The molecule has 2 aromatic carbocycles. The molecule has 0 fully saturated rings. The lowest BCUT2D eigenvalue weighted by atomic mass is 10.1. The zero-order chi connectivity index (χ0) is 23.1. The number of aryl methyl sites for hydroxylation is 2. The molecule has 0 radical (unpaired) electrons. The number of carbonyl (C=O) groups excluding carboxylic acids is 1. The highest BCUT2D eigenvalue weighted by Crippen LogP contribution is 2.25. The molecule has 0 bridgehead atoms. The van der Waals surface area contributed by atoms with E-state index in [4.69, 9.17) is 5.26 Å². The molecule has 1 heterocycles. The molecule has 0 saturated heterocycles. The molecule has 8 nitrogen and oxygen atoms in total. The van der Waals surface area contributed by atoms with Crippen LogP contribution < -0.4 is 10.0 Å². The highest BCUT2D eigenvalue weighted by molar-refractivity contribution is 7.92. The van der Waals surface area contributed by atoms with Gasteiger partial charge < -0.3 is 5.32 Å². The van der Waals surface area contributed by atoms with E-state index in [9.17, 15) is 13.2 Å². The fraction of sp³-hybridized carbons (Fsp3) is 0.261. The highest BCUT2D eigenvalue weighted by atomic mass is 32.2. The lowest BCUT2D eigenvalue weighted by molar-refractivity contribution is -0.116. The maximum absolute atomic E-state index is 12.6. The summed E-state index contributed by atoms with van der Waals surface area (Å²) in [6.07, 6.45) is 1.08. The van der Waals surface area contributed by atoms with Crippen LogP contribution in [0.3, 0.4) is 0 Å². The minimum Gasteiger partial charge on any atom is -0.324 e. The highest BCUT2D eigenvalue weighted by Gasteiger charge is 2.17. The molecular weight excluding hydrogens is 426 g/mol. The number of para-hydroxylation sites is 2. The van der Waals surface area contributed by atoms with E-state index in [1.165, 1.54) is 12.1 Å². The number of nitriles is 1. The number of nitrogens with one attached hydrogen (secondary N) is 2. The molecule has 1 amide bonds. The van der Waals surface area contributed by atoms with Crippen LogP contribution in [-0.2, 0) is 27.8 Å². The number of aromatic nitrogens is 2. The number of hydrogen-bond acceptors (Lipinski definition) is 5. The third-order valence-corrected chi connectivity index (χ3v) is 6.45. The minimum absolute atomic E-state index is 0.139. The number of carbonyl (C=O) groups is 1. The third kappa shape index (κ3) is 5.53. The molecule has 0 atom stereocenters. The second kappa shape index (κ2) is 10.1. The molecule has 3 aromatic rings. The van der Waals surface area contributed by atoms with Crippen LogP contribution in [0.25, 0.3) is 0 Å². The van der Waals surface area contributed by atoms with E-state index in [-0.39, 0.29) is 17.2 Å². The van der Waals surface area contributed by atoms with Crippen LogP contribution in [0.2, 0.25) is 0 Å². The summed E-state index contributed by atoms with van der Waals surface area (Å²) in [5, 5.41) is 16.0. The number of sulfonamides is 1. The van der Waals surface area contributed by atoms with Crippen molar-refractivity contribution in [3.8, 4) is 6.07 Å². The lowest BCUT2D eigenvalue weighted by Crippen LogP contribution is -2.17. The number of anilines is 2. The van der Waals surface area contributed by atoms with Crippen LogP contribution >= 0.6 is 0 Å². The van der Waals surface area contributed by atoms with Crippen molar-refractivity contribution in [1.82, 2.24) is 9.78 Å². The Bertz CT molecular complexity index is 1240. The summed E-state index contributed by atoms with van der Waals surface area (Å²) in [7, 11) is -3.78. The first-order valence-corrected chi connectivity index (χ1v) is 11.7. The largest absolute Gasteiger partial charge is 0.324 e. The van der Waals surface area contributed by atoms with Gasteiger partial charge in [0.25, 0.3) is 10.0 Å². The summed E-state index contributed by atoms with van der Waals surface area (Å²) in [5.74, 6) is -0.236. The average molecular weight is 452 g/mol. The van der Waals surface area contributed by atoms with Crippen molar-refractivity contribution in [1.29, 1.82) is 5.26 Å². The van der Waals surface area contributed by atoms with Crippen LogP contribution in [0, 0.1) is 25.2 Å². The van der Waals surface area contributed by atoms with Crippen molar-refractivity contribution in [3.05, 3.63) is 71.5 Å². The maximum Gasteiger partial charge on any atom is 0.261 e. The normalized spacial score (nSPS) is 11.0. The molecule has 0 saturated carbocycles. The molecule has 9 heteroatoms. The molecule has 1 aromatic heterocycles. The molecule has 32 heavy (non-hydrogen) atoms. The first-order chi connectivity index (χ1) is 15.3. The number of hydrogen-bond donors (Lipinski definition) is 2. The van der Waals surface area contributed by atoms with Gasteiger partial charge in [-0.25, -0.2) is 8.42 Å². The number of benzene rings is 2. The number of nitrogens with zero attached hydrogens (tertiary/aromatic N) is 3. The standard InChI is InChI=1S/C23H25N5O3S/c1-17-20(18(2)28(26-17)16-8-15-24)13-14-23(29)25-21-11-6-7-12-22(21)27-32(30,31)19-9-4-3-5-10-19/h3-7,9-12,27H,8,13-14,16H2,1-2H3,(H,25,29). The van der Waals surface area contributed by atoms with E-state index in [1.54, 1.807) is 47.1 Å². The van der Waals surface area contributed by atoms with Crippen molar-refractivity contribution in [2.75, 3.05) is 10.0 Å². The molecule has 0 aliphatic rings. The molecule has 0 unspecified atom stereocenters. The zero-order valence-electron chi connectivity index (χ0n) is 18.0. The summed E-state index contributed by atoms with van der Waals surface area (Å²) in [6.45, 7) is 4.33. The SMILES string of the molecule is Cc1nn(CCC#N)c(C)c1CCC(=O)Nc1ccccc1NS(=O)(=O)c1ccccc1. The van der Waals surface area contributed by atoms with Crippen LogP contribution in [0.15, 0.2) is 59.5 Å². The van der Waals surface area contributed by atoms with E-state index >= 15 is 0 Å². The van der Waals surface area contributed by atoms with Crippen molar-refractivity contribution in [2.45, 2.75) is 44.6 Å². The van der Waals surface area contributed by atoms with Crippen LogP contribution in [0.4, 0.5) is 11.4 Å². The Morgan fingerprint density at radius 3 is 2.41 bits per heavy atom. The van der Waals surface area contributed by atoms with Gasteiger partial charge in [-0.2, -0.15) is 10.4 Å². The zero-order valence-corrected chi connectivity index (χ0v) is 18.8. The Labute approximate surface area is 187 Å². The van der Waals surface area contributed by atoms with Gasteiger partial charge in [-0.3, -0.25) is 14.2 Å². The predicted octanol–water partition coefficient (Wildman–Crippen LogP) is 3.79. The van der Waals surface area contributed by atoms with Gasteiger partial charge in [-0.1, -0.05) is 30.3 Å². The van der Waals surface area contributed by atoms with Gasteiger partial charge >= 0.3 is 0 Å². The van der Waals surface area contributed by atoms with Crippen molar-refractivity contribution >= 4 is 27.3 Å². The van der Waals surface area contributed by atoms with E-state index in [1.807, 2.05) is 13.8 Å². The smallest absolute Gasteiger partial charge is 0.261 e. The molecule has 0 spiro atoms. The van der Waals surface area contributed by atoms with Gasteiger partial charge in [0.2, 0.25) is 5.91 Å². The van der Waals surface area contributed by atoms with Crippen molar-refractivity contribution < 1.29 is 13.2 Å². The maximum atomic E-state index is 12.6. The second-order valence-electron chi connectivity index (χ2n) is 7.29. The molecule has 0 aliphatic carbocycles. The quantitative estimate of drug-likeness (QED) is 0.513. The summed E-state index contributed by atoms with van der Waals surface area (Å²) >= 11 is 0. The van der Waals surface area contributed by atoms with Crippen LogP contribution in [-0.4, -0.2) is 24.1 Å².